The van der Waals surface area contributed by atoms with Gasteiger partial charge in [-0.05, 0) is 50.2 Å². The molecule has 0 saturated carbocycles. The maximum Gasteiger partial charge on any atom is 0.239 e. The van der Waals surface area contributed by atoms with Crippen molar-refractivity contribution < 1.29 is 4.79 Å². The Morgan fingerprint density at radius 3 is 2.72 bits per heavy atom. The molecule has 1 unspecified atom stereocenters. The number of benzene rings is 1. The minimum atomic E-state index is -0.401. The van der Waals surface area contributed by atoms with Gasteiger partial charge >= 0.3 is 0 Å². The Bertz CT molecular complexity index is 691. The predicted molar refractivity (Wildman–Crippen MR) is 98.7 cm³/mol. The molecular weight excluding hydrogens is 312 g/mol. The van der Waals surface area contributed by atoms with Crippen molar-refractivity contribution in [1.29, 1.82) is 0 Å². The van der Waals surface area contributed by atoms with Gasteiger partial charge < -0.3 is 5.73 Å². The fraction of sp³-hybridized carbons (Fsp3) is 0.400. The largest absolute Gasteiger partial charge is 0.368 e. The van der Waals surface area contributed by atoms with Crippen LogP contribution in [0.5, 0.6) is 0 Å². The number of primary amides is 1. The highest BCUT2D eigenvalue weighted by atomic mass is 16.1. The van der Waals surface area contributed by atoms with Crippen LogP contribution in [0.1, 0.15) is 29.6 Å². The molecule has 1 aliphatic heterocycles. The van der Waals surface area contributed by atoms with E-state index in [1.54, 1.807) is 6.20 Å². The minimum Gasteiger partial charge on any atom is -0.368 e. The van der Waals surface area contributed by atoms with E-state index in [0.29, 0.717) is 12.0 Å². The van der Waals surface area contributed by atoms with Gasteiger partial charge in [0.15, 0.2) is 0 Å². The number of hydrogen-bond acceptors (Lipinski definition) is 4. The number of nitrogens with two attached hydrogens (primary N) is 1. The van der Waals surface area contributed by atoms with Crippen molar-refractivity contribution in [2.75, 3.05) is 27.2 Å². The van der Waals surface area contributed by atoms with E-state index < -0.39 is 6.04 Å². The maximum absolute atomic E-state index is 12.1. The number of aromatic nitrogens is 1. The van der Waals surface area contributed by atoms with E-state index in [1.165, 1.54) is 5.56 Å². The van der Waals surface area contributed by atoms with Crippen LogP contribution in [-0.2, 0) is 4.79 Å². The molecule has 3 rings (SSSR count). The summed E-state index contributed by atoms with van der Waals surface area (Å²) in [5.41, 5.74) is 7.89. The van der Waals surface area contributed by atoms with E-state index in [1.807, 2.05) is 49.6 Å². The van der Waals surface area contributed by atoms with Crippen molar-refractivity contribution in [3.8, 4) is 0 Å². The summed E-state index contributed by atoms with van der Waals surface area (Å²) < 4.78 is 0. The van der Waals surface area contributed by atoms with Gasteiger partial charge in [-0.25, -0.2) is 0 Å². The standard InChI is InChI=1S/C20H26N4O/c1-23-12-10-17(18(23)16-9-6-11-22-13-16)14-24(2)19(20(21)25)15-7-4-3-5-8-15/h3-9,11,13,17-19H,10,12,14H2,1-2H3,(H2,21,25)/t17-,18-,19?/m0/s1. The van der Waals surface area contributed by atoms with E-state index >= 15 is 0 Å². The molecule has 1 amide bonds. The van der Waals surface area contributed by atoms with Gasteiger partial charge in [-0.1, -0.05) is 36.4 Å². The molecule has 0 aliphatic carbocycles. The zero-order chi connectivity index (χ0) is 17.8. The van der Waals surface area contributed by atoms with Gasteiger partial charge in [0.2, 0.25) is 5.91 Å². The highest BCUT2D eigenvalue weighted by molar-refractivity contribution is 5.81. The normalized spacial score (nSPS) is 22.2. The van der Waals surface area contributed by atoms with Gasteiger partial charge in [0.05, 0.1) is 0 Å². The van der Waals surface area contributed by atoms with E-state index in [0.717, 1.165) is 25.1 Å². The first-order chi connectivity index (χ1) is 12.1. The fourth-order valence-corrected chi connectivity index (χ4v) is 4.04. The molecule has 5 nitrogen and oxygen atoms in total. The van der Waals surface area contributed by atoms with Gasteiger partial charge in [0, 0.05) is 25.0 Å². The Hall–Kier alpha value is -2.24. The number of carbonyl (C=O) groups is 1. The summed E-state index contributed by atoms with van der Waals surface area (Å²) in [6, 6.07) is 13.8. The third-order valence-corrected chi connectivity index (χ3v) is 5.15. The number of carbonyl (C=O) groups excluding carboxylic acids is 1. The summed E-state index contributed by atoms with van der Waals surface area (Å²) >= 11 is 0. The van der Waals surface area contributed by atoms with E-state index in [2.05, 4.69) is 27.9 Å². The lowest BCUT2D eigenvalue weighted by molar-refractivity contribution is -0.123. The molecular formula is C20H26N4O. The summed E-state index contributed by atoms with van der Waals surface area (Å²) in [5, 5.41) is 0. The molecule has 2 aromatic rings. The average Bonchev–Trinajstić information content (AvgIpc) is 2.96. The molecule has 1 fully saturated rings. The summed E-state index contributed by atoms with van der Waals surface area (Å²) in [6.45, 7) is 1.86. The molecule has 0 bridgehead atoms. The molecule has 5 heteroatoms. The summed E-state index contributed by atoms with van der Waals surface area (Å²) in [5.74, 6) is 0.128. The predicted octanol–water partition coefficient (Wildman–Crippen LogP) is 2.23. The lowest BCUT2D eigenvalue weighted by atomic mass is 9.93. The van der Waals surface area contributed by atoms with Gasteiger partial charge in [-0.15, -0.1) is 0 Å². The van der Waals surface area contributed by atoms with Gasteiger partial charge in [0.25, 0.3) is 0 Å². The Kier molecular flexibility index (Phi) is 5.46. The molecule has 1 aromatic heterocycles. The smallest absolute Gasteiger partial charge is 0.239 e. The first-order valence-electron chi connectivity index (χ1n) is 8.72. The van der Waals surface area contributed by atoms with Crippen molar-refractivity contribution in [2.24, 2.45) is 11.7 Å². The number of likely N-dealkylation sites (tertiary alicyclic amines) is 1. The molecule has 132 valence electrons. The van der Waals surface area contributed by atoms with Crippen LogP contribution in [0.4, 0.5) is 0 Å². The van der Waals surface area contributed by atoms with Crippen molar-refractivity contribution in [1.82, 2.24) is 14.8 Å². The van der Waals surface area contributed by atoms with Crippen LogP contribution in [0.3, 0.4) is 0 Å². The monoisotopic (exact) mass is 338 g/mol. The molecule has 1 saturated heterocycles. The fourth-order valence-electron chi connectivity index (χ4n) is 4.04. The number of amides is 1. The van der Waals surface area contributed by atoms with Gasteiger partial charge in [0.1, 0.15) is 6.04 Å². The summed E-state index contributed by atoms with van der Waals surface area (Å²) in [7, 11) is 4.14. The molecule has 1 aliphatic rings. The first kappa shape index (κ1) is 17.6. The quantitative estimate of drug-likeness (QED) is 0.877. The zero-order valence-corrected chi connectivity index (χ0v) is 14.9. The number of likely N-dealkylation sites (N-methyl/N-ethyl adjacent to an activating group) is 1. The highest BCUT2D eigenvalue weighted by Crippen LogP contribution is 2.37. The molecule has 1 aromatic carbocycles. The van der Waals surface area contributed by atoms with Crippen molar-refractivity contribution >= 4 is 5.91 Å². The van der Waals surface area contributed by atoms with E-state index in [4.69, 9.17) is 5.73 Å². The van der Waals surface area contributed by atoms with Crippen molar-refractivity contribution in [3.05, 3.63) is 66.0 Å². The van der Waals surface area contributed by atoms with Crippen LogP contribution in [0.15, 0.2) is 54.9 Å². The summed E-state index contributed by atoms with van der Waals surface area (Å²) in [4.78, 5) is 20.8. The molecule has 2 N–H and O–H groups in total. The van der Waals surface area contributed by atoms with Crippen LogP contribution in [0.2, 0.25) is 0 Å². The third kappa shape index (κ3) is 3.89. The molecule has 0 spiro atoms. The zero-order valence-electron chi connectivity index (χ0n) is 14.9. The van der Waals surface area contributed by atoms with Crippen molar-refractivity contribution in [3.63, 3.8) is 0 Å². The number of pyridine rings is 1. The van der Waals surface area contributed by atoms with Crippen LogP contribution < -0.4 is 5.73 Å². The topological polar surface area (TPSA) is 62.5 Å². The Balaban J connectivity index is 1.78. The number of hydrogen-bond donors (Lipinski definition) is 1. The van der Waals surface area contributed by atoms with E-state index in [9.17, 15) is 4.79 Å². The van der Waals surface area contributed by atoms with Crippen LogP contribution >= 0.6 is 0 Å². The SMILES string of the molecule is CN(C[C@@H]1CCN(C)[C@H]1c1cccnc1)C(C(N)=O)c1ccccc1. The molecule has 3 atom stereocenters. The average molecular weight is 338 g/mol. The van der Waals surface area contributed by atoms with Crippen molar-refractivity contribution in [2.45, 2.75) is 18.5 Å². The molecule has 0 radical (unpaired) electrons. The lowest BCUT2D eigenvalue weighted by Gasteiger charge is -2.32. The van der Waals surface area contributed by atoms with Crippen LogP contribution in [0.25, 0.3) is 0 Å². The third-order valence-electron chi connectivity index (χ3n) is 5.15. The highest BCUT2D eigenvalue weighted by Gasteiger charge is 2.35. The van der Waals surface area contributed by atoms with Gasteiger partial charge in [-0.3, -0.25) is 19.6 Å². The second-order valence-corrected chi connectivity index (χ2v) is 6.92. The molecule has 25 heavy (non-hydrogen) atoms. The second-order valence-electron chi connectivity index (χ2n) is 6.92. The van der Waals surface area contributed by atoms with Crippen LogP contribution in [0, 0.1) is 5.92 Å². The van der Waals surface area contributed by atoms with E-state index in [-0.39, 0.29) is 5.91 Å². The Labute approximate surface area is 149 Å². The molecule has 2 heterocycles. The number of rotatable bonds is 6. The maximum atomic E-state index is 12.1. The Morgan fingerprint density at radius 2 is 2.08 bits per heavy atom. The minimum absolute atomic E-state index is 0.307. The lowest BCUT2D eigenvalue weighted by Crippen LogP contribution is -2.39. The number of nitrogens with zero attached hydrogens (tertiary/aromatic N) is 3. The van der Waals surface area contributed by atoms with Gasteiger partial charge in [-0.2, -0.15) is 0 Å². The summed E-state index contributed by atoms with van der Waals surface area (Å²) in [6.07, 6.45) is 4.85. The Morgan fingerprint density at radius 1 is 1.32 bits per heavy atom. The first-order valence-corrected chi connectivity index (χ1v) is 8.72. The van der Waals surface area contributed by atoms with Crippen LogP contribution in [-0.4, -0.2) is 47.9 Å². The second kappa shape index (κ2) is 7.76.